The molecule has 0 aliphatic carbocycles. The molecule has 3 aromatic rings. The van der Waals surface area contributed by atoms with Crippen molar-refractivity contribution in [3.8, 4) is 5.75 Å². The fourth-order valence-corrected chi connectivity index (χ4v) is 4.85. The molecule has 31 heavy (non-hydrogen) atoms. The van der Waals surface area contributed by atoms with Gasteiger partial charge in [0.2, 0.25) is 5.91 Å². The molecule has 168 valence electrons. The first-order valence-electron chi connectivity index (χ1n) is 9.75. The maximum absolute atomic E-state index is 13.1. The maximum Gasteiger partial charge on any atom is 0.229 e. The smallest absolute Gasteiger partial charge is 0.229 e. The van der Waals surface area contributed by atoms with Gasteiger partial charge in [0.15, 0.2) is 5.13 Å². The van der Waals surface area contributed by atoms with Gasteiger partial charge in [0.25, 0.3) is 0 Å². The zero-order valence-corrected chi connectivity index (χ0v) is 20.3. The molecule has 0 N–H and O–H groups in total. The Hall–Kier alpha value is -1.87. The molecule has 3 rings (SSSR count). The highest BCUT2D eigenvalue weighted by molar-refractivity contribution is 7.99. The standard InChI is InChI=1S/C22H26FN3O2S2.ClH/c1-25(2)13-5-14-26(20(27)12-15-29-17-10-8-16(23)9-11-17)22-24-21-18(28-3)6-4-7-19(21)30-22;/h4,6-11H,5,12-15H2,1-3H3;1H. The van der Waals surface area contributed by atoms with Crippen LogP contribution in [0.3, 0.4) is 0 Å². The number of nitrogens with zero attached hydrogens (tertiary/aromatic N) is 3. The molecule has 0 aliphatic rings. The molecule has 0 saturated heterocycles. The molecule has 0 bridgehead atoms. The lowest BCUT2D eigenvalue weighted by atomic mass is 10.3. The predicted molar refractivity (Wildman–Crippen MR) is 131 cm³/mol. The van der Waals surface area contributed by atoms with Crippen LogP contribution in [0.5, 0.6) is 5.75 Å². The fraction of sp³-hybridized carbons (Fsp3) is 0.364. The number of hydrogen-bond donors (Lipinski definition) is 0. The molecule has 5 nitrogen and oxygen atoms in total. The van der Waals surface area contributed by atoms with Crippen molar-refractivity contribution in [3.63, 3.8) is 0 Å². The highest BCUT2D eigenvalue weighted by Gasteiger charge is 2.20. The van der Waals surface area contributed by atoms with E-state index < -0.39 is 0 Å². The first-order valence-corrected chi connectivity index (χ1v) is 11.5. The number of carbonyl (C=O) groups excluding carboxylic acids is 1. The number of amides is 1. The Labute approximate surface area is 197 Å². The van der Waals surface area contributed by atoms with Crippen molar-refractivity contribution in [3.05, 3.63) is 48.3 Å². The zero-order chi connectivity index (χ0) is 21.5. The summed E-state index contributed by atoms with van der Waals surface area (Å²) in [5, 5.41) is 0.699. The van der Waals surface area contributed by atoms with E-state index in [4.69, 9.17) is 9.72 Å². The van der Waals surface area contributed by atoms with Crippen LogP contribution < -0.4 is 9.64 Å². The van der Waals surface area contributed by atoms with Crippen LogP contribution in [-0.4, -0.2) is 55.8 Å². The van der Waals surface area contributed by atoms with Crippen LogP contribution >= 0.6 is 35.5 Å². The average Bonchev–Trinajstić information content (AvgIpc) is 3.16. The van der Waals surface area contributed by atoms with Crippen molar-refractivity contribution in [1.82, 2.24) is 9.88 Å². The highest BCUT2D eigenvalue weighted by atomic mass is 35.5. The second-order valence-corrected chi connectivity index (χ2v) is 9.24. The Kier molecular flexibility index (Phi) is 10.0. The van der Waals surface area contributed by atoms with E-state index >= 15 is 0 Å². The van der Waals surface area contributed by atoms with E-state index in [1.807, 2.05) is 32.3 Å². The number of fused-ring (bicyclic) bond motifs is 1. The third kappa shape index (κ3) is 7.07. The summed E-state index contributed by atoms with van der Waals surface area (Å²) in [4.78, 5) is 22.6. The van der Waals surface area contributed by atoms with E-state index in [1.165, 1.54) is 23.5 Å². The molecule has 1 heterocycles. The first kappa shape index (κ1) is 25.4. The van der Waals surface area contributed by atoms with Gasteiger partial charge in [-0.3, -0.25) is 9.69 Å². The van der Waals surface area contributed by atoms with E-state index in [0.29, 0.717) is 29.6 Å². The lowest BCUT2D eigenvalue weighted by Gasteiger charge is -2.21. The lowest BCUT2D eigenvalue weighted by Crippen LogP contribution is -2.33. The molecular weight excluding hydrogens is 457 g/mol. The van der Waals surface area contributed by atoms with Crippen molar-refractivity contribution in [2.75, 3.05) is 44.9 Å². The molecule has 9 heteroatoms. The normalized spacial score (nSPS) is 10.9. The van der Waals surface area contributed by atoms with E-state index in [2.05, 4.69) is 4.90 Å². The second kappa shape index (κ2) is 12.2. The molecule has 2 aromatic carbocycles. The Balaban J connectivity index is 0.00000341. The number of para-hydroxylation sites is 1. The molecule has 0 aliphatic heterocycles. The van der Waals surface area contributed by atoms with Crippen LogP contribution in [-0.2, 0) is 4.79 Å². The van der Waals surface area contributed by atoms with Crippen molar-refractivity contribution in [2.45, 2.75) is 17.7 Å². The molecule has 1 amide bonds. The van der Waals surface area contributed by atoms with Crippen molar-refractivity contribution >= 4 is 56.8 Å². The van der Waals surface area contributed by atoms with Crippen LogP contribution in [0.15, 0.2) is 47.4 Å². The van der Waals surface area contributed by atoms with Gasteiger partial charge in [-0.05, 0) is 63.5 Å². The number of rotatable bonds is 10. The van der Waals surface area contributed by atoms with Crippen LogP contribution in [0.1, 0.15) is 12.8 Å². The summed E-state index contributed by atoms with van der Waals surface area (Å²) in [7, 11) is 5.67. The number of thiazole rings is 1. The molecule has 1 aromatic heterocycles. The number of ether oxygens (including phenoxy) is 1. The summed E-state index contributed by atoms with van der Waals surface area (Å²) in [6.07, 6.45) is 1.24. The largest absolute Gasteiger partial charge is 0.494 e. The van der Waals surface area contributed by atoms with Gasteiger partial charge >= 0.3 is 0 Å². The van der Waals surface area contributed by atoms with Crippen molar-refractivity contribution in [2.24, 2.45) is 0 Å². The van der Waals surface area contributed by atoms with Gasteiger partial charge in [-0.15, -0.1) is 24.2 Å². The van der Waals surface area contributed by atoms with Gasteiger partial charge in [0.1, 0.15) is 17.1 Å². The summed E-state index contributed by atoms with van der Waals surface area (Å²) in [6.45, 7) is 1.50. The molecule has 0 fully saturated rings. The molecular formula is C22H27ClFN3O2S2. The van der Waals surface area contributed by atoms with Crippen LogP contribution in [0.25, 0.3) is 10.2 Å². The topological polar surface area (TPSA) is 45.7 Å². The molecule has 0 saturated carbocycles. The fourth-order valence-electron chi connectivity index (χ4n) is 2.99. The molecule has 0 spiro atoms. The second-order valence-electron chi connectivity index (χ2n) is 7.06. The minimum absolute atomic E-state index is 0. The van der Waals surface area contributed by atoms with Gasteiger partial charge in [-0.25, -0.2) is 9.37 Å². The van der Waals surface area contributed by atoms with Crippen molar-refractivity contribution < 1.29 is 13.9 Å². The molecule has 0 unspecified atom stereocenters. The summed E-state index contributed by atoms with van der Waals surface area (Å²) < 4.78 is 19.5. The quantitative estimate of drug-likeness (QED) is 0.364. The number of halogens is 2. The Morgan fingerprint density at radius 2 is 1.90 bits per heavy atom. The third-order valence-electron chi connectivity index (χ3n) is 4.51. The number of aromatic nitrogens is 1. The molecule has 0 atom stereocenters. The molecule has 0 radical (unpaired) electrons. The Bertz CT molecular complexity index is 983. The van der Waals surface area contributed by atoms with E-state index in [1.54, 1.807) is 35.9 Å². The minimum Gasteiger partial charge on any atom is -0.494 e. The summed E-state index contributed by atoms with van der Waals surface area (Å²) in [5.74, 6) is 1.13. The number of benzene rings is 2. The van der Waals surface area contributed by atoms with Gasteiger partial charge in [0.05, 0.1) is 11.8 Å². The summed E-state index contributed by atoms with van der Waals surface area (Å²) in [6, 6.07) is 12.1. The maximum atomic E-state index is 13.1. The number of anilines is 1. The van der Waals surface area contributed by atoms with Gasteiger partial charge in [0, 0.05) is 23.6 Å². The van der Waals surface area contributed by atoms with Crippen LogP contribution in [0, 0.1) is 5.82 Å². The van der Waals surface area contributed by atoms with Gasteiger partial charge < -0.3 is 9.64 Å². The summed E-state index contributed by atoms with van der Waals surface area (Å²) in [5.41, 5.74) is 0.783. The van der Waals surface area contributed by atoms with Gasteiger partial charge in [-0.2, -0.15) is 0 Å². The monoisotopic (exact) mass is 483 g/mol. The predicted octanol–water partition coefficient (Wildman–Crippen LogP) is 5.33. The van der Waals surface area contributed by atoms with Crippen LogP contribution in [0.2, 0.25) is 0 Å². The van der Waals surface area contributed by atoms with E-state index in [-0.39, 0.29) is 24.1 Å². The zero-order valence-electron chi connectivity index (χ0n) is 17.8. The Morgan fingerprint density at radius 1 is 1.16 bits per heavy atom. The van der Waals surface area contributed by atoms with Crippen molar-refractivity contribution in [1.29, 1.82) is 0 Å². The highest BCUT2D eigenvalue weighted by Crippen LogP contribution is 2.34. The van der Waals surface area contributed by atoms with E-state index in [9.17, 15) is 9.18 Å². The number of methoxy groups -OCH3 is 1. The number of carbonyl (C=O) groups is 1. The summed E-state index contributed by atoms with van der Waals surface area (Å²) >= 11 is 3.06. The third-order valence-corrected chi connectivity index (χ3v) is 6.57. The van der Waals surface area contributed by atoms with E-state index in [0.717, 1.165) is 28.1 Å². The number of thioether (sulfide) groups is 1. The lowest BCUT2D eigenvalue weighted by molar-refractivity contribution is -0.118. The Morgan fingerprint density at radius 3 is 2.58 bits per heavy atom. The SMILES string of the molecule is COc1cccc2sc(N(CCCN(C)C)C(=O)CCSc3ccc(F)cc3)nc12.Cl. The number of hydrogen-bond acceptors (Lipinski definition) is 6. The average molecular weight is 484 g/mol. The van der Waals surface area contributed by atoms with Gasteiger partial charge in [-0.1, -0.05) is 17.4 Å². The minimum atomic E-state index is -0.256. The first-order chi connectivity index (χ1) is 14.5. The van der Waals surface area contributed by atoms with Crippen LogP contribution in [0.4, 0.5) is 9.52 Å².